The molecule has 2 aromatic carbocycles. The number of rotatable bonds is 3. The molecule has 0 bridgehead atoms. The molecule has 0 atom stereocenters. The first-order valence-corrected chi connectivity index (χ1v) is 6.69. The number of aromatic nitrogens is 1. The fraction of sp³-hybridized carbons (Fsp3) is 0. The molecule has 2 N–H and O–H groups in total. The lowest BCUT2D eigenvalue weighted by atomic mass is 10.1. The van der Waals surface area contributed by atoms with Crippen LogP contribution in [0.5, 0.6) is 5.75 Å². The van der Waals surface area contributed by atoms with E-state index in [1.807, 2.05) is 30.3 Å². The average Bonchev–Trinajstić information content (AvgIpc) is 2.91. The van der Waals surface area contributed by atoms with Crippen molar-refractivity contribution in [2.24, 2.45) is 0 Å². The van der Waals surface area contributed by atoms with Gasteiger partial charge in [0.05, 0.1) is 4.90 Å². The van der Waals surface area contributed by atoms with E-state index >= 15 is 0 Å². The molecule has 3 aromatic rings. The molecule has 1 heterocycles. The van der Waals surface area contributed by atoms with E-state index in [0.717, 1.165) is 10.8 Å². The van der Waals surface area contributed by atoms with Gasteiger partial charge in [0.25, 0.3) is 0 Å². The van der Waals surface area contributed by atoms with E-state index in [9.17, 15) is 15.2 Å². The predicted octanol–water partition coefficient (Wildman–Crippen LogP) is 3.93. The third-order valence-corrected chi connectivity index (χ3v) is 4.00. The minimum atomic E-state index is -0.479. The number of nitrogens with one attached hydrogen (secondary N) is 1. The highest BCUT2D eigenvalue weighted by atomic mass is 32.2. The van der Waals surface area contributed by atoms with Crippen molar-refractivity contribution in [3.05, 3.63) is 58.6 Å². The number of benzene rings is 2. The molecule has 100 valence electrons. The Bertz CT molecular complexity index is 798. The molecule has 0 radical (unpaired) electrons. The van der Waals surface area contributed by atoms with Gasteiger partial charge < -0.3 is 15.2 Å². The summed E-state index contributed by atoms with van der Waals surface area (Å²) >= 11 is 1.27. The molecule has 3 rings (SSSR count). The molecule has 0 saturated carbocycles. The van der Waals surface area contributed by atoms with Gasteiger partial charge in [0.2, 0.25) is 0 Å². The molecule has 0 amide bonds. The van der Waals surface area contributed by atoms with Crippen LogP contribution in [0.4, 0.5) is 5.82 Å². The molecule has 0 aliphatic carbocycles. The Morgan fingerprint density at radius 1 is 1.10 bits per heavy atom. The van der Waals surface area contributed by atoms with Gasteiger partial charge >= 0.3 is 5.82 Å². The van der Waals surface area contributed by atoms with Crippen LogP contribution in [0.2, 0.25) is 0 Å². The number of H-pyrrole nitrogens is 1. The number of aromatic hydroxyl groups is 1. The number of nitro groups is 1. The molecule has 0 spiro atoms. The fourth-order valence-electron chi connectivity index (χ4n) is 1.98. The number of aromatic amines is 1. The van der Waals surface area contributed by atoms with Crippen molar-refractivity contribution < 1.29 is 10.0 Å². The van der Waals surface area contributed by atoms with E-state index in [-0.39, 0.29) is 11.6 Å². The maximum atomic E-state index is 10.7. The van der Waals surface area contributed by atoms with Gasteiger partial charge in [0, 0.05) is 12.1 Å². The highest BCUT2D eigenvalue weighted by molar-refractivity contribution is 7.99. The molecule has 0 saturated heterocycles. The van der Waals surface area contributed by atoms with Crippen LogP contribution in [0.25, 0.3) is 10.8 Å². The highest BCUT2D eigenvalue weighted by Gasteiger charge is 2.14. The normalized spacial score (nSPS) is 10.8. The first kappa shape index (κ1) is 12.6. The topological polar surface area (TPSA) is 79.2 Å². The Morgan fingerprint density at radius 3 is 2.65 bits per heavy atom. The Hall–Kier alpha value is -2.47. The summed E-state index contributed by atoms with van der Waals surface area (Å²) in [4.78, 5) is 13.6. The zero-order chi connectivity index (χ0) is 14.1. The third kappa shape index (κ3) is 2.21. The number of nitrogens with zero attached hydrogens (tertiary/aromatic N) is 1. The van der Waals surface area contributed by atoms with Crippen LogP contribution in [0.3, 0.4) is 0 Å². The Balaban J connectivity index is 2.05. The van der Waals surface area contributed by atoms with Gasteiger partial charge in [-0.2, -0.15) is 0 Å². The van der Waals surface area contributed by atoms with Gasteiger partial charge in [0.1, 0.15) is 5.75 Å². The van der Waals surface area contributed by atoms with Crippen molar-refractivity contribution in [1.29, 1.82) is 0 Å². The monoisotopic (exact) mass is 286 g/mol. The van der Waals surface area contributed by atoms with E-state index in [2.05, 4.69) is 4.98 Å². The van der Waals surface area contributed by atoms with Crippen LogP contribution in [-0.2, 0) is 0 Å². The molecule has 0 aliphatic heterocycles. The van der Waals surface area contributed by atoms with Gasteiger partial charge in [-0.3, -0.25) is 0 Å². The molecule has 20 heavy (non-hydrogen) atoms. The summed E-state index contributed by atoms with van der Waals surface area (Å²) in [7, 11) is 0. The quantitative estimate of drug-likeness (QED) is 0.564. The molecular formula is C14H10N2O3S. The van der Waals surface area contributed by atoms with Crippen LogP contribution < -0.4 is 0 Å². The van der Waals surface area contributed by atoms with Crippen molar-refractivity contribution in [1.82, 2.24) is 4.98 Å². The van der Waals surface area contributed by atoms with E-state index in [1.165, 1.54) is 17.8 Å². The summed E-state index contributed by atoms with van der Waals surface area (Å²) in [5.74, 6) is 0.0955. The smallest absolute Gasteiger partial charge is 0.321 e. The van der Waals surface area contributed by atoms with Crippen LogP contribution in [0.15, 0.2) is 58.5 Å². The van der Waals surface area contributed by atoms with Gasteiger partial charge in [-0.05, 0) is 33.5 Å². The predicted molar refractivity (Wildman–Crippen MR) is 77.2 cm³/mol. The number of hydrogen-bond donors (Lipinski definition) is 2. The van der Waals surface area contributed by atoms with Crippen molar-refractivity contribution in [2.75, 3.05) is 0 Å². The summed E-state index contributed by atoms with van der Waals surface area (Å²) < 4.78 is 0. The number of hydrogen-bond acceptors (Lipinski definition) is 4. The molecular weight excluding hydrogens is 276 g/mol. The van der Waals surface area contributed by atoms with Crippen LogP contribution in [-0.4, -0.2) is 15.0 Å². The van der Waals surface area contributed by atoms with Gasteiger partial charge in [-0.25, -0.2) is 4.98 Å². The molecule has 1 aromatic heterocycles. The van der Waals surface area contributed by atoms with Crippen LogP contribution in [0.1, 0.15) is 0 Å². The second-order valence-corrected chi connectivity index (χ2v) is 5.25. The van der Waals surface area contributed by atoms with Crippen molar-refractivity contribution in [3.63, 3.8) is 0 Å². The average molecular weight is 286 g/mol. The minimum absolute atomic E-state index is 0.0628. The minimum Gasteiger partial charge on any atom is -0.507 e. The lowest BCUT2D eigenvalue weighted by Crippen LogP contribution is -1.86. The SMILES string of the molecule is O=[N+]([O-])c1ccc(Sc2c(O)ccc3ccccc23)[nH]1. The third-order valence-electron chi connectivity index (χ3n) is 2.91. The van der Waals surface area contributed by atoms with Gasteiger partial charge in [0.15, 0.2) is 5.03 Å². The maximum absolute atomic E-state index is 10.7. The van der Waals surface area contributed by atoms with Crippen LogP contribution >= 0.6 is 11.8 Å². The standard InChI is InChI=1S/C14H10N2O3S/c17-11-6-5-9-3-1-2-4-10(9)14(11)20-13-8-7-12(15-13)16(18)19/h1-8,15,17H. The molecule has 0 fully saturated rings. The molecule has 0 aliphatic rings. The fourth-order valence-corrected chi connectivity index (χ4v) is 2.96. The summed E-state index contributed by atoms with van der Waals surface area (Å²) in [5, 5.41) is 23.2. The summed E-state index contributed by atoms with van der Waals surface area (Å²) in [6.45, 7) is 0. The highest BCUT2D eigenvalue weighted by Crippen LogP contribution is 2.39. The van der Waals surface area contributed by atoms with E-state index in [1.54, 1.807) is 12.1 Å². The number of phenols is 1. The molecule has 6 heteroatoms. The zero-order valence-corrected chi connectivity index (χ0v) is 11.1. The van der Waals surface area contributed by atoms with Gasteiger partial charge in [-0.15, -0.1) is 0 Å². The number of fused-ring (bicyclic) bond motifs is 1. The van der Waals surface area contributed by atoms with Gasteiger partial charge in [-0.1, -0.05) is 30.3 Å². The zero-order valence-electron chi connectivity index (χ0n) is 10.2. The lowest BCUT2D eigenvalue weighted by molar-refractivity contribution is -0.389. The summed E-state index contributed by atoms with van der Waals surface area (Å²) in [6.07, 6.45) is 0. The van der Waals surface area contributed by atoms with Crippen molar-refractivity contribution in [3.8, 4) is 5.75 Å². The lowest BCUT2D eigenvalue weighted by Gasteiger charge is -2.06. The first-order chi connectivity index (χ1) is 9.65. The van der Waals surface area contributed by atoms with E-state index in [0.29, 0.717) is 9.92 Å². The largest absolute Gasteiger partial charge is 0.507 e. The summed E-state index contributed by atoms with van der Waals surface area (Å²) in [6, 6.07) is 14.2. The van der Waals surface area contributed by atoms with E-state index in [4.69, 9.17) is 0 Å². The van der Waals surface area contributed by atoms with Crippen molar-refractivity contribution >= 4 is 28.4 Å². The second kappa shape index (κ2) is 4.90. The first-order valence-electron chi connectivity index (χ1n) is 5.87. The second-order valence-electron chi connectivity index (χ2n) is 4.20. The van der Waals surface area contributed by atoms with Crippen molar-refractivity contribution in [2.45, 2.75) is 9.92 Å². The molecule has 0 unspecified atom stereocenters. The maximum Gasteiger partial charge on any atom is 0.321 e. The Labute approximate surface area is 118 Å². The van der Waals surface area contributed by atoms with E-state index < -0.39 is 4.92 Å². The number of phenolic OH excluding ortho intramolecular Hbond substituents is 1. The summed E-state index contributed by atoms with van der Waals surface area (Å²) in [5.41, 5.74) is 0. The molecule has 5 nitrogen and oxygen atoms in total. The Morgan fingerprint density at radius 2 is 1.90 bits per heavy atom. The van der Waals surface area contributed by atoms with Crippen LogP contribution in [0, 0.1) is 10.1 Å². The Kier molecular flexibility index (Phi) is 3.08.